The molecule has 0 fully saturated rings. The van der Waals surface area contributed by atoms with E-state index in [1.165, 1.54) is 5.70 Å². The summed E-state index contributed by atoms with van der Waals surface area (Å²) in [5, 5.41) is 0. The highest BCUT2D eigenvalue weighted by Gasteiger charge is 2.16. The van der Waals surface area contributed by atoms with Crippen molar-refractivity contribution in [3.63, 3.8) is 0 Å². The largest absolute Gasteiger partial charge is 0.306 e. The number of rotatable bonds is 0. The Balaban J connectivity index is 2.29. The van der Waals surface area contributed by atoms with Gasteiger partial charge in [-0.1, -0.05) is 6.08 Å². The molecule has 0 aromatic rings. The maximum Gasteiger partial charge on any atom is 0.0752 e. The van der Waals surface area contributed by atoms with E-state index in [0.717, 1.165) is 0 Å². The van der Waals surface area contributed by atoms with Gasteiger partial charge in [0.05, 0.1) is 17.8 Å². The molecule has 0 bridgehead atoms. The molecule has 0 amide bonds. The zero-order chi connectivity index (χ0) is 6.97. The molecule has 2 nitrogen and oxygen atoms in total. The normalized spacial score (nSPS) is 21.5. The predicted molar refractivity (Wildman–Crippen MR) is 43.6 cm³/mol. The van der Waals surface area contributed by atoms with E-state index in [2.05, 4.69) is 27.1 Å². The van der Waals surface area contributed by atoms with Gasteiger partial charge in [-0.25, -0.2) is 0 Å². The third-order valence-electron chi connectivity index (χ3n) is 1.38. The van der Waals surface area contributed by atoms with Crippen LogP contribution < -0.4 is 0 Å². The van der Waals surface area contributed by atoms with Crippen molar-refractivity contribution in [2.75, 3.05) is 7.05 Å². The number of hydrogen-bond acceptors (Lipinski definition) is 3. The van der Waals surface area contributed by atoms with Crippen molar-refractivity contribution in [2.45, 2.75) is 0 Å². The van der Waals surface area contributed by atoms with Crippen LogP contribution in [0, 0.1) is 0 Å². The van der Waals surface area contributed by atoms with Crippen molar-refractivity contribution in [1.82, 2.24) is 8.61 Å². The zero-order valence-electron chi connectivity index (χ0n) is 5.69. The molecule has 0 aliphatic carbocycles. The fraction of sp³-hybridized carbons (Fsp3) is 0.143. The van der Waals surface area contributed by atoms with Crippen LogP contribution >= 0.6 is 12.1 Å². The lowest BCUT2D eigenvalue weighted by atomic mass is 10.3. The van der Waals surface area contributed by atoms with Crippen LogP contribution in [0.3, 0.4) is 0 Å². The second-order valence-electron chi connectivity index (χ2n) is 2.21. The predicted octanol–water partition coefficient (Wildman–Crippen LogP) is 1.72. The van der Waals surface area contributed by atoms with Gasteiger partial charge in [-0.15, -0.1) is 0 Å². The van der Waals surface area contributed by atoms with Crippen LogP contribution in [-0.2, 0) is 0 Å². The van der Waals surface area contributed by atoms with E-state index in [-0.39, 0.29) is 0 Å². The molecule has 52 valence electrons. The van der Waals surface area contributed by atoms with E-state index < -0.39 is 0 Å². The number of allylic oxidation sites excluding steroid dienone is 3. The van der Waals surface area contributed by atoms with Crippen molar-refractivity contribution in [2.24, 2.45) is 0 Å². The summed E-state index contributed by atoms with van der Waals surface area (Å²) in [5.41, 5.74) is 1.25. The summed E-state index contributed by atoms with van der Waals surface area (Å²) in [6.07, 6.45) is 10.3. The van der Waals surface area contributed by atoms with E-state index in [1.54, 1.807) is 12.1 Å². The molecule has 0 spiro atoms. The van der Waals surface area contributed by atoms with Crippen molar-refractivity contribution in [1.29, 1.82) is 0 Å². The number of fused-ring (bicyclic) bond motifs is 1. The van der Waals surface area contributed by atoms with Crippen LogP contribution in [0.25, 0.3) is 0 Å². The first-order valence-corrected chi connectivity index (χ1v) is 3.86. The fourth-order valence-electron chi connectivity index (χ4n) is 0.964. The second kappa shape index (κ2) is 2.09. The minimum atomic E-state index is 1.25. The Hall–Kier alpha value is -0.830. The van der Waals surface area contributed by atoms with Crippen LogP contribution in [0.1, 0.15) is 0 Å². The van der Waals surface area contributed by atoms with Gasteiger partial charge < -0.3 is 4.31 Å². The Morgan fingerprint density at radius 1 is 1.40 bits per heavy atom. The Kier molecular flexibility index (Phi) is 1.24. The second-order valence-corrected chi connectivity index (χ2v) is 3.34. The van der Waals surface area contributed by atoms with Gasteiger partial charge in [-0.3, -0.25) is 4.31 Å². The van der Waals surface area contributed by atoms with Crippen molar-refractivity contribution in [3.8, 4) is 0 Å². The molecule has 0 atom stereocenters. The molecule has 2 heterocycles. The summed E-state index contributed by atoms with van der Waals surface area (Å²) in [6.45, 7) is 0. The topological polar surface area (TPSA) is 6.48 Å². The summed E-state index contributed by atoms with van der Waals surface area (Å²) in [4.78, 5) is 0. The van der Waals surface area contributed by atoms with Crippen molar-refractivity contribution < 1.29 is 0 Å². The first-order chi connectivity index (χ1) is 4.86. The van der Waals surface area contributed by atoms with E-state index in [1.807, 2.05) is 19.2 Å². The van der Waals surface area contributed by atoms with E-state index >= 15 is 0 Å². The molecular formula is C7H8N2S. The molecular weight excluding hydrogens is 144 g/mol. The van der Waals surface area contributed by atoms with Gasteiger partial charge in [-0.2, -0.15) is 0 Å². The van der Waals surface area contributed by atoms with Gasteiger partial charge >= 0.3 is 0 Å². The first-order valence-electron chi connectivity index (χ1n) is 3.13. The van der Waals surface area contributed by atoms with Crippen LogP contribution in [0.15, 0.2) is 36.3 Å². The lowest BCUT2D eigenvalue weighted by Gasteiger charge is -2.14. The molecule has 0 saturated heterocycles. The van der Waals surface area contributed by atoms with E-state index in [0.29, 0.717) is 0 Å². The molecule has 0 unspecified atom stereocenters. The first kappa shape index (κ1) is 5.92. The third kappa shape index (κ3) is 0.827. The minimum absolute atomic E-state index is 1.25. The molecule has 2 rings (SSSR count). The molecule has 10 heavy (non-hydrogen) atoms. The molecule has 2 aliphatic rings. The maximum atomic E-state index is 2.12. The maximum absolute atomic E-state index is 2.12. The Labute approximate surface area is 64.8 Å². The highest BCUT2D eigenvalue weighted by atomic mass is 32.2. The smallest absolute Gasteiger partial charge is 0.0752 e. The summed E-state index contributed by atoms with van der Waals surface area (Å²) >= 11 is 1.69. The molecule has 0 aromatic carbocycles. The highest BCUT2D eigenvalue weighted by molar-refractivity contribution is 7.95. The van der Waals surface area contributed by atoms with Crippen LogP contribution in [0.4, 0.5) is 0 Å². The Morgan fingerprint density at radius 2 is 2.30 bits per heavy atom. The van der Waals surface area contributed by atoms with Crippen molar-refractivity contribution in [3.05, 3.63) is 36.3 Å². The van der Waals surface area contributed by atoms with Gasteiger partial charge in [-0.05, 0) is 12.2 Å². The van der Waals surface area contributed by atoms with Gasteiger partial charge in [0.25, 0.3) is 0 Å². The Bertz CT molecular complexity index is 230. The summed E-state index contributed by atoms with van der Waals surface area (Å²) in [5.74, 6) is 0. The lowest BCUT2D eigenvalue weighted by Crippen LogP contribution is -2.04. The van der Waals surface area contributed by atoms with Crippen LogP contribution in [-0.4, -0.2) is 15.7 Å². The monoisotopic (exact) mass is 152 g/mol. The number of nitrogens with zero attached hydrogens (tertiary/aromatic N) is 2. The molecule has 0 radical (unpaired) electrons. The quantitative estimate of drug-likeness (QED) is 0.488. The van der Waals surface area contributed by atoms with E-state index in [9.17, 15) is 0 Å². The summed E-state index contributed by atoms with van der Waals surface area (Å²) < 4.78 is 4.20. The lowest BCUT2D eigenvalue weighted by molar-refractivity contribution is 0.776. The van der Waals surface area contributed by atoms with Gasteiger partial charge in [0.15, 0.2) is 0 Å². The van der Waals surface area contributed by atoms with Gasteiger partial charge in [0.2, 0.25) is 0 Å². The fourth-order valence-corrected chi connectivity index (χ4v) is 1.72. The highest BCUT2D eigenvalue weighted by Crippen LogP contribution is 2.31. The molecule has 2 aliphatic heterocycles. The molecule has 0 aromatic heterocycles. The van der Waals surface area contributed by atoms with Crippen LogP contribution in [0.2, 0.25) is 0 Å². The molecule has 3 heteroatoms. The summed E-state index contributed by atoms with van der Waals surface area (Å²) in [7, 11) is 2.04. The van der Waals surface area contributed by atoms with Gasteiger partial charge in [0, 0.05) is 19.4 Å². The Morgan fingerprint density at radius 3 is 3.10 bits per heavy atom. The average molecular weight is 152 g/mol. The van der Waals surface area contributed by atoms with Gasteiger partial charge in [0.1, 0.15) is 0 Å². The average Bonchev–Trinajstić information content (AvgIpc) is 2.27. The number of hydrogen-bond donors (Lipinski definition) is 0. The standard InChI is InChI=1S/C7H8N2S/c1-8-6-7-4-2-3-5-9(7)10-8/h2-6H,1H3. The zero-order valence-corrected chi connectivity index (χ0v) is 6.51. The molecule has 0 N–H and O–H groups in total. The van der Waals surface area contributed by atoms with Crippen molar-refractivity contribution >= 4 is 12.1 Å². The SMILES string of the molecule is CN1C=C2C=CC=CN2S1. The summed E-state index contributed by atoms with van der Waals surface area (Å²) in [6, 6.07) is 0. The third-order valence-corrected chi connectivity index (χ3v) is 2.26. The van der Waals surface area contributed by atoms with Crippen LogP contribution in [0.5, 0.6) is 0 Å². The van der Waals surface area contributed by atoms with E-state index in [4.69, 9.17) is 0 Å². The minimum Gasteiger partial charge on any atom is -0.306 e. The molecule has 0 saturated carbocycles.